The minimum absolute atomic E-state index is 0.0298. The molecule has 1 unspecified atom stereocenters. The summed E-state index contributed by atoms with van der Waals surface area (Å²) in [5, 5.41) is 22.0. The quantitative estimate of drug-likeness (QED) is 0.423. The van der Waals surface area contributed by atoms with Gasteiger partial charge < -0.3 is 14.6 Å². The third kappa shape index (κ3) is 3.21. The second-order valence-corrected chi connectivity index (χ2v) is 15.9. The third-order valence-corrected chi connectivity index (χ3v) is 13.8. The smallest absolute Gasteiger partial charge is 0.308 e. The number of carbonyl (C=O) groups excluding carboxylic acids is 2. The zero-order chi connectivity index (χ0) is 28.4. The second-order valence-electron chi connectivity index (χ2n) is 15.9. The Morgan fingerprint density at radius 1 is 1.03 bits per heavy atom. The van der Waals surface area contributed by atoms with Crippen LogP contribution in [0.1, 0.15) is 92.9 Å². The summed E-state index contributed by atoms with van der Waals surface area (Å²) in [4.78, 5) is 27.4. The Morgan fingerprint density at radius 3 is 2.41 bits per heavy atom. The molecule has 0 aromatic rings. The average molecular weight is 538 g/mol. The van der Waals surface area contributed by atoms with Crippen LogP contribution in [0.25, 0.3) is 0 Å². The van der Waals surface area contributed by atoms with Crippen molar-refractivity contribution in [3.05, 3.63) is 11.6 Å². The normalized spacial score (nSPS) is 53.6. The SMILES string of the molecule is COC(=O)[C@@H]1CC(C)(C)C[C@@H]2C1CC[C@]1(C)[C@@H]2C(=O)C=C2[C@@]3(C)C[C@@H](C#N)[C@@]4(O)OCC[C@@]4(C)[C@@H]3CC[C@]21C. The van der Waals surface area contributed by atoms with Crippen molar-refractivity contribution in [2.45, 2.75) is 98.7 Å². The fraction of sp³-hybridized carbons (Fsp3) is 0.848. The molecule has 6 rings (SSSR count). The van der Waals surface area contributed by atoms with Gasteiger partial charge in [0.05, 0.1) is 25.7 Å². The summed E-state index contributed by atoms with van der Waals surface area (Å²) < 4.78 is 11.2. The van der Waals surface area contributed by atoms with Gasteiger partial charge in [-0.05, 0) is 96.9 Å². The summed E-state index contributed by atoms with van der Waals surface area (Å²) in [6, 6.07) is 2.42. The molecule has 214 valence electrons. The number of fused-ring (bicyclic) bond motifs is 9. The Bertz CT molecular complexity index is 1180. The molecule has 5 fully saturated rings. The molecule has 0 radical (unpaired) electrons. The predicted octanol–water partition coefficient (Wildman–Crippen LogP) is 5.83. The summed E-state index contributed by atoms with van der Waals surface area (Å²) in [5.41, 5.74) is -0.109. The topological polar surface area (TPSA) is 96.6 Å². The van der Waals surface area contributed by atoms with Gasteiger partial charge in [-0.25, -0.2) is 0 Å². The zero-order valence-electron chi connectivity index (χ0n) is 24.9. The predicted molar refractivity (Wildman–Crippen MR) is 146 cm³/mol. The highest BCUT2D eigenvalue weighted by Gasteiger charge is 2.74. The van der Waals surface area contributed by atoms with Gasteiger partial charge in [0.2, 0.25) is 0 Å². The number of hydrogen-bond donors (Lipinski definition) is 1. The van der Waals surface area contributed by atoms with Gasteiger partial charge in [-0.3, -0.25) is 9.59 Å². The van der Waals surface area contributed by atoms with Crippen molar-refractivity contribution in [1.82, 2.24) is 0 Å². The van der Waals surface area contributed by atoms with Crippen LogP contribution in [0.15, 0.2) is 11.6 Å². The van der Waals surface area contributed by atoms with E-state index < -0.39 is 17.1 Å². The lowest BCUT2D eigenvalue weighted by atomic mass is 9.34. The summed E-state index contributed by atoms with van der Waals surface area (Å²) >= 11 is 0. The van der Waals surface area contributed by atoms with E-state index in [0.717, 1.165) is 44.9 Å². The molecule has 5 aliphatic carbocycles. The van der Waals surface area contributed by atoms with Gasteiger partial charge in [0.15, 0.2) is 11.6 Å². The van der Waals surface area contributed by atoms with Gasteiger partial charge in [0.25, 0.3) is 0 Å². The number of allylic oxidation sites excluding steroid dienone is 2. The van der Waals surface area contributed by atoms with Crippen molar-refractivity contribution in [3.8, 4) is 6.07 Å². The van der Waals surface area contributed by atoms with Crippen LogP contribution in [0.5, 0.6) is 0 Å². The van der Waals surface area contributed by atoms with Crippen LogP contribution >= 0.6 is 0 Å². The van der Waals surface area contributed by atoms with E-state index in [1.165, 1.54) is 12.7 Å². The molecular formula is C33H47NO5. The van der Waals surface area contributed by atoms with E-state index in [0.29, 0.717) is 13.0 Å². The maximum Gasteiger partial charge on any atom is 0.308 e. The molecular weight excluding hydrogens is 490 g/mol. The second kappa shape index (κ2) is 8.19. The third-order valence-electron chi connectivity index (χ3n) is 13.8. The van der Waals surface area contributed by atoms with E-state index in [1.54, 1.807) is 0 Å². The van der Waals surface area contributed by atoms with Crippen molar-refractivity contribution in [1.29, 1.82) is 5.26 Å². The molecule has 0 amide bonds. The van der Waals surface area contributed by atoms with Gasteiger partial charge in [0, 0.05) is 11.3 Å². The Kier molecular flexibility index (Phi) is 5.77. The van der Waals surface area contributed by atoms with Crippen LogP contribution in [-0.4, -0.2) is 36.4 Å². The summed E-state index contributed by atoms with van der Waals surface area (Å²) in [5.74, 6) is -1.76. The molecule has 1 aliphatic heterocycles. The molecule has 6 heteroatoms. The molecule has 4 saturated carbocycles. The molecule has 1 heterocycles. The number of ether oxygens (including phenoxy) is 2. The van der Waals surface area contributed by atoms with E-state index in [2.05, 4.69) is 47.6 Å². The maximum absolute atomic E-state index is 14.4. The lowest BCUT2D eigenvalue weighted by molar-refractivity contribution is -0.297. The first kappa shape index (κ1) is 27.5. The average Bonchev–Trinajstić information content (AvgIpc) is 3.18. The number of nitrogens with zero attached hydrogens (tertiary/aromatic N) is 1. The van der Waals surface area contributed by atoms with E-state index >= 15 is 0 Å². The largest absolute Gasteiger partial charge is 0.469 e. The Hall–Kier alpha value is -1.71. The standard InChI is InChI=1S/C33H47NO5/c1-28(2)16-21-20(22(17-28)27(36)38-7)8-10-32(6)26(21)23(35)14-25-29(3)15-19(18-34)33(37)31(5,12-13-39-33)24(29)9-11-30(25,32)4/h14,19-22,24,26,37H,8-13,15-17H2,1-7H3/t19-,20?,21+,22+,24+,26-,29-,30+,31-,32+,33+/m0/s1. The molecule has 0 bridgehead atoms. The molecule has 11 atom stereocenters. The number of hydrogen-bond acceptors (Lipinski definition) is 6. The van der Waals surface area contributed by atoms with E-state index in [-0.39, 0.29) is 63.0 Å². The fourth-order valence-electron chi connectivity index (χ4n) is 11.9. The van der Waals surface area contributed by atoms with Gasteiger partial charge in [-0.15, -0.1) is 0 Å². The van der Waals surface area contributed by atoms with Crippen LogP contribution in [-0.2, 0) is 19.1 Å². The van der Waals surface area contributed by atoms with Crippen molar-refractivity contribution >= 4 is 11.8 Å². The molecule has 39 heavy (non-hydrogen) atoms. The van der Waals surface area contributed by atoms with Crippen molar-refractivity contribution < 1.29 is 24.2 Å². The van der Waals surface area contributed by atoms with Crippen LogP contribution in [0.2, 0.25) is 0 Å². The lowest BCUT2D eigenvalue weighted by Crippen LogP contribution is -2.68. The van der Waals surface area contributed by atoms with E-state index in [1.807, 2.05) is 6.08 Å². The molecule has 0 aromatic heterocycles. The van der Waals surface area contributed by atoms with Crippen LogP contribution in [0.3, 0.4) is 0 Å². The summed E-state index contributed by atoms with van der Waals surface area (Å²) in [6.07, 6.45) is 8.77. The number of nitriles is 1. The van der Waals surface area contributed by atoms with Crippen molar-refractivity contribution in [3.63, 3.8) is 0 Å². The Labute approximate surface area is 233 Å². The zero-order valence-corrected chi connectivity index (χ0v) is 24.9. The number of esters is 1. The summed E-state index contributed by atoms with van der Waals surface area (Å²) in [7, 11) is 1.49. The number of carbonyl (C=O) groups is 2. The molecule has 6 aliphatic rings. The minimum Gasteiger partial charge on any atom is -0.469 e. The van der Waals surface area contributed by atoms with Crippen LogP contribution in [0, 0.1) is 73.9 Å². The number of methoxy groups -OCH3 is 1. The lowest BCUT2D eigenvalue weighted by Gasteiger charge is -2.70. The number of aliphatic hydroxyl groups is 1. The molecule has 1 saturated heterocycles. The van der Waals surface area contributed by atoms with E-state index in [9.17, 15) is 20.0 Å². The molecule has 1 N–H and O–H groups in total. The molecule has 0 spiro atoms. The molecule has 0 aromatic carbocycles. The summed E-state index contributed by atoms with van der Waals surface area (Å²) in [6.45, 7) is 14.1. The van der Waals surface area contributed by atoms with E-state index in [4.69, 9.17) is 9.47 Å². The first-order valence-electron chi connectivity index (χ1n) is 15.2. The van der Waals surface area contributed by atoms with Crippen molar-refractivity contribution in [2.75, 3.05) is 13.7 Å². The van der Waals surface area contributed by atoms with Crippen LogP contribution < -0.4 is 0 Å². The fourth-order valence-corrected chi connectivity index (χ4v) is 11.9. The van der Waals surface area contributed by atoms with Gasteiger partial charge >= 0.3 is 5.97 Å². The highest BCUT2D eigenvalue weighted by atomic mass is 16.6. The molecule has 6 nitrogen and oxygen atoms in total. The van der Waals surface area contributed by atoms with Crippen molar-refractivity contribution in [2.24, 2.45) is 62.6 Å². The number of rotatable bonds is 1. The first-order chi connectivity index (χ1) is 18.1. The van der Waals surface area contributed by atoms with Gasteiger partial charge in [0.1, 0.15) is 5.92 Å². The number of ketones is 1. The first-order valence-corrected chi connectivity index (χ1v) is 15.2. The van der Waals surface area contributed by atoms with Gasteiger partial charge in [-0.2, -0.15) is 5.26 Å². The highest BCUT2D eigenvalue weighted by molar-refractivity contribution is 5.95. The minimum atomic E-state index is -1.43. The van der Waals surface area contributed by atoms with Crippen LogP contribution in [0.4, 0.5) is 0 Å². The Morgan fingerprint density at radius 2 is 1.74 bits per heavy atom. The Balaban J connectivity index is 1.46. The maximum atomic E-state index is 14.4. The monoisotopic (exact) mass is 537 g/mol. The highest BCUT2D eigenvalue weighted by Crippen LogP contribution is 2.76. The van der Waals surface area contributed by atoms with Gasteiger partial charge in [-0.1, -0.05) is 47.1 Å².